The van der Waals surface area contributed by atoms with Crippen molar-refractivity contribution < 1.29 is 17.5 Å². The Kier molecular flexibility index (Phi) is 4.81. The standard InChI is InChI=1S/C24H19N2O4PS/c25-17-9-13-19(14-10-17)32(28,29)20-15-11-18(12-16-20)26-31(27)24-8-4-2-6-22(24)21-5-1-3-7-23(21)30-31/h1-16H,25H2,(H,26,27). The van der Waals surface area contributed by atoms with Crippen LogP contribution in [0.3, 0.4) is 0 Å². The van der Waals surface area contributed by atoms with Gasteiger partial charge in [0, 0.05) is 22.5 Å². The number of benzene rings is 4. The van der Waals surface area contributed by atoms with Crippen LogP contribution in [0.25, 0.3) is 11.1 Å². The summed E-state index contributed by atoms with van der Waals surface area (Å²) in [5.74, 6) is 0.532. The van der Waals surface area contributed by atoms with E-state index in [0.717, 1.165) is 11.1 Å². The molecule has 0 saturated heterocycles. The molecule has 4 aromatic carbocycles. The highest BCUT2D eigenvalue weighted by molar-refractivity contribution is 7.91. The van der Waals surface area contributed by atoms with Crippen LogP contribution in [0.15, 0.2) is 107 Å². The summed E-state index contributed by atoms with van der Waals surface area (Å²) in [4.78, 5) is 0.280. The fourth-order valence-corrected chi connectivity index (χ4v) is 6.90. The molecule has 1 atom stereocenters. The van der Waals surface area contributed by atoms with Gasteiger partial charge in [0.05, 0.1) is 15.1 Å². The molecule has 160 valence electrons. The lowest BCUT2D eigenvalue weighted by Crippen LogP contribution is -2.22. The van der Waals surface area contributed by atoms with Gasteiger partial charge in [0.15, 0.2) is 0 Å². The smallest absolute Gasteiger partial charge is 0.372 e. The number of para-hydroxylation sites is 1. The minimum Gasteiger partial charge on any atom is -0.425 e. The van der Waals surface area contributed by atoms with E-state index >= 15 is 0 Å². The van der Waals surface area contributed by atoms with Gasteiger partial charge >= 0.3 is 7.52 Å². The quantitative estimate of drug-likeness (QED) is 0.324. The lowest BCUT2D eigenvalue weighted by atomic mass is 10.0. The number of nitrogens with two attached hydrogens (primary N) is 1. The molecular formula is C24H19N2O4PS. The number of sulfone groups is 1. The molecule has 5 rings (SSSR count). The van der Waals surface area contributed by atoms with Crippen molar-refractivity contribution in [2.24, 2.45) is 0 Å². The molecule has 1 aliphatic rings. The van der Waals surface area contributed by atoms with E-state index < -0.39 is 17.4 Å². The normalized spacial score (nSPS) is 17.0. The molecule has 0 fully saturated rings. The van der Waals surface area contributed by atoms with Crippen LogP contribution in [-0.4, -0.2) is 8.42 Å². The molecule has 0 radical (unpaired) electrons. The lowest BCUT2D eigenvalue weighted by molar-refractivity contribution is 0.497. The second-order valence-electron chi connectivity index (χ2n) is 7.36. The third-order valence-electron chi connectivity index (χ3n) is 5.26. The molecule has 6 nitrogen and oxygen atoms in total. The second kappa shape index (κ2) is 7.55. The Morgan fingerprint density at radius 1 is 0.719 bits per heavy atom. The molecule has 0 amide bonds. The van der Waals surface area contributed by atoms with E-state index in [1.54, 1.807) is 36.4 Å². The Hall–Kier alpha value is -3.54. The van der Waals surface area contributed by atoms with Crippen molar-refractivity contribution in [2.75, 3.05) is 10.8 Å². The van der Waals surface area contributed by atoms with E-state index in [1.165, 1.54) is 24.3 Å². The molecule has 0 bridgehead atoms. The highest BCUT2D eigenvalue weighted by atomic mass is 32.2. The van der Waals surface area contributed by atoms with Crippen LogP contribution in [0.1, 0.15) is 0 Å². The first-order valence-electron chi connectivity index (χ1n) is 9.84. The van der Waals surface area contributed by atoms with E-state index in [1.807, 2.05) is 36.4 Å². The van der Waals surface area contributed by atoms with Crippen LogP contribution < -0.4 is 20.6 Å². The zero-order valence-corrected chi connectivity index (χ0v) is 18.5. The van der Waals surface area contributed by atoms with E-state index in [4.69, 9.17) is 10.3 Å². The molecular weight excluding hydrogens is 443 g/mol. The molecule has 0 aliphatic carbocycles. The Morgan fingerprint density at radius 3 is 1.97 bits per heavy atom. The van der Waals surface area contributed by atoms with E-state index in [9.17, 15) is 13.0 Å². The Morgan fingerprint density at radius 2 is 1.28 bits per heavy atom. The summed E-state index contributed by atoms with van der Waals surface area (Å²) in [5, 5.41) is 3.57. The average molecular weight is 462 g/mol. The zero-order valence-electron chi connectivity index (χ0n) is 16.8. The van der Waals surface area contributed by atoms with Gasteiger partial charge < -0.3 is 15.3 Å². The zero-order chi connectivity index (χ0) is 22.3. The van der Waals surface area contributed by atoms with Crippen LogP contribution in [0, 0.1) is 0 Å². The third-order valence-corrected chi connectivity index (χ3v) is 9.07. The molecule has 1 unspecified atom stereocenters. The first-order chi connectivity index (χ1) is 15.4. The van der Waals surface area contributed by atoms with Crippen LogP contribution in [0.5, 0.6) is 5.75 Å². The maximum Gasteiger partial charge on any atom is 0.372 e. The monoisotopic (exact) mass is 462 g/mol. The summed E-state index contributed by atoms with van der Waals surface area (Å²) in [5.41, 5.74) is 8.34. The summed E-state index contributed by atoms with van der Waals surface area (Å²) in [6.45, 7) is 0. The van der Waals surface area contributed by atoms with Crippen molar-refractivity contribution in [1.29, 1.82) is 0 Å². The second-order valence-corrected chi connectivity index (χ2v) is 11.3. The molecule has 1 heterocycles. The van der Waals surface area contributed by atoms with Crippen molar-refractivity contribution in [3.05, 3.63) is 97.1 Å². The number of nitrogens with one attached hydrogen (secondary N) is 1. The van der Waals surface area contributed by atoms with E-state index in [-0.39, 0.29) is 9.79 Å². The van der Waals surface area contributed by atoms with Gasteiger partial charge in [-0.2, -0.15) is 0 Å². The van der Waals surface area contributed by atoms with Crippen molar-refractivity contribution >= 4 is 34.0 Å². The minimum atomic E-state index is -3.69. The van der Waals surface area contributed by atoms with Gasteiger partial charge in [-0.05, 0) is 60.7 Å². The van der Waals surface area contributed by atoms with Crippen molar-refractivity contribution in [3.63, 3.8) is 0 Å². The molecule has 0 saturated carbocycles. The van der Waals surface area contributed by atoms with Crippen molar-refractivity contribution in [2.45, 2.75) is 9.79 Å². The highest BCUT2D eigenvalue weighted by Gasteiger charge is 2.36. The number of anilines is 2. The summed E-state index contributed by atoms with van der Waals surface area (Å²) < 4.78 is 45.5. The van der Waals surface area contributed by atoms with Gasteiger partial charge in [-0.1, -0.05) is 36.4 Å². The average Bonchev–Trinajstić information content (AvgIpc) is 2.80. The maximum atomic E-state index is 13.9. The lowest BCUT2D eigenvalue weighted by Gasteiger charge is -2.29. The van der Waals surface area contributed by atoms with Gasteiger partial charge in [-0.15, -0.1) is 0 Å². The van der Waals surface area contributed by atoms with Crippen molar-refractivity contribution in [1.82, 2.24) is 0 Å². The maximum absolute atomic E-state index is 13.9. The van der Waals surface area contributed by atoms with E-state index in [2.05, 4.69) is 5.09 Å². The third kappa shape index (κ3) is 3.45. The number of hydrogen-bond acceptors (Lipinski definition) is 5. The Labute approximate surface area is 186 Å². The fraction of sp³-hybridized carbons (Fsp3) is 0. The molecule has 3 N–H and O–H groups in total. The molecule has 4 aromatic rings. The Balaban J connectivity index is 1.47. The number of nitrogen functional groups attached to an aromatic ring is 1. The minimum absolute atomic E-state index is 0.126. The molecule has 0 spiro atoms. The molecule has 0 aromatic heterocycles. The number of hydrogen-bond donors (Lipinski definition) is 2. The number of fused-ring (bicyclic) bond motifs is 3. The van der Waals surface area contributed by atoms with E-state index in [0.29, 0.717) is 22.4 Å². The Bertz CT molecular complexity index is 1470. The van der Waals surface area contributed by atoms with Crippen LogP contribution in [0.2, 0.25) is 0 Å². The predicted molar refractivity (Wildman–Crippen MR) is 126 cm³/mol. The van der Waals surface area contributed by atoms with Crippen LogP contribution in [-0.2, 0) is 14.4 Å². The van der Waals surface area contributed by atoms with Crippen LogP contribution in [0.4, 0.5) is 11.4 Å². The molecule has 32 heavy (non-hydrogen) atoms. The molecule has 8 heteroatoms. The first kappa shape index (κ1) is 20.4. The van der Waals surface area contributed by atoms with Gasteiger partial charge in [-0.3, -0.25) is 0 Å². The van der Waals surface area contributed by atoms with Gasteiger partial charge in [0.25, 0.3) is 0 Å². The van der Waals surface area contributed by atoms with Gasteiger partial charge in [0.2, 0.25) is 9.84 Å². The number of rotatable bonds is 4. The summed E-state index contributed by atoms with van der Waals surface area (Å²) >= 11 is 0. The summed E-state index contributed by atoms with van der Waals surface area (Å²) in [6, 6.07) is 27.0. The van der Waals surface area contributed by atoms with Crippen molar-refractivity contribution in [3.8, 4) is 16.9 Å². The van der Waals surface area contributed by atoms with Gasteiger partial charge in [0.1, 0.15) is 5.75 Å². The summed E-state index contributed by atoms with van der Waals surface area (Å²) in [6.07, 6.45) is 0. The van der Waals surface area contributed by atoms with Crippen LogP contribution >= 0.6 is 7.52 Å². The predicted octanol–water partition coefficient (Wildman–Crippen LogP) is 5.09. The SMILES string of the molecule is Nc1ccc(S(=O)(=O)c2ccc(NP3(=O)Oc4ccccc4-c4ccccc43)cc2)cc1. The highest BCUT2D eigenvalue weighted by Crippen LogP contribution is 2.54. The first-order valence-corrected chi connectivity index (χ1v) is 13.0. The largest absolute Gasteiger partial charge is 0.425 e. The molecule has 1 aliphatic heterocycles. The summed E-state index contributed by atoms with van der Waals surface area (Å²) in [7, 11) is -7.18. The fourth-order valence-electron chi connectivity index (χ4n) is 3.66. The topological polar surface area (TPSA) is 98.5 Å². The van der Waals surface area contributed by atoms with Gasteiger partial charge in [-0.25, -0.2) is 13.0 Å².